The Bertz CT molecular complexity index is 373. The fourth-order valence-corrected chi connectivity index (χ4v) is 4.11. The van der Waals surface area contributed by atoms with Gasteiger partial charge in [-0.05, 0) is 0 Å². The van der Waals surface area contributed by atoms with Crippen LogP contribution in [-0.4, -0.2) is 52.2 Å². The van der Waals surface area contributed by atoms with Gasteiger partial charge in [0.25, 0.3) is 10.1 Å². The van der Waals surface area contributed by atoms with Crippen LogP contribution in [0.25, 0.3) is 0 Å². The molecule has 3 N–H and O–H groups in total. The highest BCUT2D eigenvalue weighted by molar-refractivity contribution is 7.90. The maximum absolute atomic E-state index is 11.1. The number of nitrogens with two attached hydrogens (primary N) is 1. The summed E-state index contributed by atoms with van der Waals surface area (Å²) in [6.45, 7) is 1.16. The number of sulfone groups is 1. The summed E-state index contributed by atoms with van der Waals surface area (Å²) in [6, 6.07) is 0. The predicted molar refractivity (Wildman–Crippen MR) is 54.8 cm³/mol. The summed E-state index contributed by atoms with van der Waals surface area (Å²) in [5.74, 6) is -0.801. The Hall–Kier alpha value is -0.180. The van der Waals surface area contributed by atoms with E-state index in [4.69, 9.17) is 4.55 Å². The van der Waals surface area contributed by atoms with E-state index in [0.29, 0.717) is 13.1 Å². The van der Waals surface area contributed by atoms with Gasteiger partial charge in [0.2, 0.25) is 0 Å². The Morgan fingerprint density at radius 3 is 2.00 bits per heavy atom. The Morgan fingerprint density at radius 2 is 1.60 bits per heavy atom. The van der Waals surface area contributed by atoms with E-state index in [1.54, 1.807) is 0 Å². The fraction of sp³-hybridized carbons (Fsp3) is 1.00. The molecule has 0 aromatic heterocycles. The van der Waals surface area contributed by atoms with Gasteiger partial charge in [-0.2, -0.15) is 8.42 Å². The van der Waals surface area contributed by atoms with Crippen molar-refractivity contribution < 1.29 is 26.7 Å². The second kappa shape index (κ2) is 4.36. The lowest BCUT2D eigenvalue weighted by molar-refractivity contribution is -0.639. The molecule has 1 fully saturated rings. The van der Waals surface area contributed by atoms with Crippen molar-refractivity contribution in [2.45, 2.75) is 0 Å². The van der Waals surface area contributed by atoms with Crippen molar-refractivity contribution >= 4 is 20.0 Å². The molecule has 0 aromatic rings. The van der Waals surface area contributed by atoms with E-state index < -0.39 is 20.0 Å². The zero-order valence-corrected chi connectivity index (χ0v) is 10.1. The van der Waals surface area contributed by atoms with Gasteiger partial charge >= 0.3 is 0 Å². The lowest BCUT2D eigenvalue weighted by Crippen LogP contribution is -2.81. The van der Waals surface area contributed by atoms with Gasteiger partial charge in [-0.15, -0.1) is 0 Å². The third-order valence-corrected chi connectivity index (χ3v) is 4.43. The first-order valence-corrected chi connectivity index (χ1v) is 8.29. The normalized spacial score (nSPS) is 28.1. The van der Waals surface area contributed by atoms with Crippen molar-refractivity contribution in [3.05, 3.63) is 0 Å². The van der Waals surface area contributed by atoms with Gasteiger partial charge in [0.05, 0.1) is 24.6 Å². The highest BCUT2D eigenvalue weighted by Gasteiger charge is 2.35. The summed E-state index contributed by atoms with van der Waals surface area (Å²) in [4.78, 5) is 0. The van der Waals surface area contributed by atoms with E-state index in [1.165, 1.54) is 0 Å². The molecule has 0 bridgehead atoms. The highest BCUT2D eigenvalue weighted by atomic mass is 32.2. The Kier molecular flexibility index (Phi) is 3.75. The molecule has 0 amide bonds. The fourth-order valence-electron chi connectivity index (χ4n) is 1.98. The molecule has 90 valence electrons. The number of hydrogen-bond acceptors (Lipinski definition) is 4. The van der Waals surface area contributed by atoms with Crippen LogP contribution in [0.1, 0.15) is 0 Å². The molecular formula is C7H16NO5S2+. The molecule has 6 nitrogen and oxygen atoms in total. The Balaban J connectivity index is 2.66. The maximum atomic E-state index is 11.1. The topological polar surface area (TPSA) is 105 Å². The molecule has 1 rings (SSSR count). The monoisotopic (exact) mass is 258 g/mol. The van der Waals surface area contributed by atoms with Crippen molar-refractivity contribution in [3.8, 4) is 0 Å². The molecular weight excluding hydrogens is 242 g/mol. The Labute approximate surface area is 89.7 Å². The number of quaternary nitrogens is 1. The lowest BCUT2D eigenvalue weighted by Gasteiger charge is -2.12. The van der Waals surface area contributed by atoms with Crippen LogP contribution in [0.3, 0.4) is 0 Å². The van der Waals surface area contributed by atoms with E-state index >= 15 is 0 Å². The molecule has 15 heavy (non-hydrogen) atoms. The minimum Gasteiger partial charge on any atom is -0.346 e. The SMILES string of the molecule is CS(=O)(=O)CC1C[NH2+]CC1CS(=O)(=O)O. The van der Waals surface area contributed by atoms with Gasteiger partial charge in [-0.25, -0.2) is 8.42 Å². The van der Waals surface area contributed by atoms with Gasteiger partial charge in [0, 0.05) is 18.1 Å². The molecule has 2 atom stereocenters. The molecule has 1 saturated heterocycles. The lowest BCUT2D eigenvalue weighted by atomic mass is 10.0. The first-order valence-electron chi connectivity index (χ1n) is 4.62. The standard InChI is InChI=1S/C7H15NO5S2/c1-14(9,10)4-6-2-8-3-7(6)5-15(11,12)13/h6-8H,2-5H2,1H3,(H,11,12,13)/p+1. The molecule has 2 unspecified atom stereocenters. The average Bonchev–Trinajstić information content (AvgIpc) is 2.29. The van der Waals surface area contributed by atoms with Crippen LogP contribution in [0.2, 0.25) is 0 Å². The van der Waals surface area contributed by atoms with Crippen LogP contribution >= 0.6 is 0 Å². The van der Waals surface area contributed by atoms with Crippen LogP contribution in [0.15, 0.2) is 0 Å². The molecule has 0 aliphatic carbocycles. The molecule has 1 aliphatic rings. The summed E-state index contributed by atoms with van der Waals surface area (Å²) in [6.07, 6.45) is 1.13. The summed E-state index contributed by atoms with van der Waals surface area (Å²) in [5.41, 5.74) is 0. The van der Waals surface area contributed by atoms with Gasteiger partial charge in [0.15, 0.2) is 0 Å². The summed E-state index contributed by atoms with van der Waals surface area (Å²) in [7, 11) is -7.10. The van der Waals surface area contributed by atoms with Crippen LogP contribution in [0, 0.1) is 11.8 Å². The van der Waals surface area contributed by atoms with Crippen LogP contribution in [0.5, 0.6) is 0 Å². The van der Waals surface area contributed by atoms with Gasteiger partial charge in [-0.1, -0.05) is 0 Å². The van der Waals surface area contributed by atoms with E-state index in [0.717, 1.165) is 6.26 Å². The second-order valence-electron chi connectivity index (χ2n) is 4.12. The smallest absolute Gasteiger partial charge is 0.265 e. The first-order chi connectivity index (χ1) is 6.67. The van der Waals surface area contributed by atoms with E-state index in [9.17, 15) is 16.8 Å². The number of rotatable bonds is 4. The molecule has 8 heteroatoms. The van der Waals surface area contributed by atoms with E-state index in [2.05, 4.69) is 0 Å². The summed E-state index contributed by atoms with van der Waals surface area (Å²) in [5, 5.41) is 1.88. The van der Waals surface area contributed by atoms with Crippen molar-refractivity contribution in [2.75, 3.05) is 30.9 Å². The third kappa shape index (κ3) is 4.92. The Morgan fingerprint density at radius 1 is 1.13 bits per heavy atom. The quantitative estimate of drug-likeness (QED) is 0.553. The van der Waals surface area contributed by atoms with Gasteiger partial charge < -0.3 is 5.32 Å². The van der Waals surface area contributed by atoms with Crippen LogP contribution < -0.4 is 5.32 Å². The van der Waals surface area contributed by atoms with Gasteiger partial charge in [0.1, 0.15) is 9.84 Å². The van der Waals surface area contributed by atoms with E-state index in [1.807, 2.05) is 5.32 Å². The van der Waals surface area contributed by atoms with E-state index in [-0.39, 0.29) is 23.3 Å². The minimum absolute atomic E-state index is 0.0102. The van der Waals surface area contributed by atoms with Crippen LogP contribution in [-0.2, 0) is 20.0 Å². The maximum Gasteiger partial charge on any atom is 0.265 e. The van der Waals surface area contributed by atoms with Crippen molar-refractivity contribution in [3.63, 3.8) is 0 Å². The zero-order valence-electron chi connectivity index (χ0n) is 8.46. The molecule has 0 radical (unpaired) electrons. The molecule has 0 aromatic carbocycles. The highest BCUT2D eigenvalue weighted by Crippen LogP contribution is 2.16. The minimum atomic E-state index is -4.01. The zero-order chi connectivity index (χ0) is 11.7. The third-order valence-electron chi connectivity index (χ3n) is 2.55. The average molecular weight is 258 g/mol. The summed E-state index contributed by atoms with van der Waals surface area (Å²) >= 11 is 0. The largest absolute Gasteiger partial charge is 0.346 e. The predicted octanol–water partition coefficient (Wildman–Crippen LogP) is -2.27. The van der Waals surface area contributed by atoms with Gasteiger partial charge in [-0.3, -0.25) is 4.55 Å². The number of hydrogen-bond donors (Lipinski definition) is 2. The molecule has 0 saturated carbocycles. The molecule has 0 spiro atoms. The van der Waals surface area contributed by atoms with Crippen LogP contribution in [0.4, 0.5) is 0 Å². The first kappa shape index (κ1) is 12.9. The molecule has 1 heterocycles. The summed E-state index contributed by atoms with van der Waals surface area (Å²) < 4.78 is 52.2. The van der Waals surface area contributed by atoms with Crippen molar-refractivity contribution in [1.82, 2.24) is 0 Å². The van der Waals surface area contributed by atoms with Crippen molar-refractivity contribution in [2.24, 2.45) is 11.8 Å². The second-order valence-corrected chi connectivity index (χ2v) is 7.80. The van der Waals surface area contributed by atoms with Crippen molar-refractivity contribution in [1.29, 1.82) is 0 Å². The molecule has 1 aliphatic heterocycles.